The van der Waals surface area contributed by atoms with Crippen molar-refractivity contribution in [2.24, 2.45) is 0 Å². The van der Waals surface area contributed by atoms with Gasteiger partial charge in [0, 0.05) is 24.1 Å². The lowest BCUT2D eigenvalue weighted by Gasteiger charge is -2.23. The highest BCUT2D eigenvalue weighted by Crippen LogP contribution is 2.23. The average Bonchev–Trinajstić information content (AvgIpc) is 3.36. The van der Waals surface area contributed by atoms with Crippen molar-refractivity contribution in [3.8, 4) is 5.75 Å². The first kappa shape index (κ1) is 18.0. The Hall–Kier alpha value is -3.35. The van der Waals surface area contributed by atoms with Crippen LogP contribution in [0.4, 0.5) is 5.69 Å². The lowest BCUT2D eigenvalue weighted by Crippen LogP contribution is -2.43. The summed E-state index contributed by atoms with van der Waals surface area (Å²) in [5.74, 6) is 0.323. The molecule has 0 bridgehead atoms. The number of amides is 2. The third-order valence-electron chi connectivity index (χ3n) is 5.09. The zero-order valence-corrected chi connectivity index (χ0v) is 15.9. The lowest BCUT2D eigenvalue weighted by molar-refractivity contribution is -0.119. The Morgan fingerprint density at radius 2 is 1.96 bits per heavy atom. The van der Waals surface area contributed by atoms with Crippen LogP contribution < -0.4 is 10.1 Å². The maximum atomic E-state index is 13.0. The van der Waals surface area contributed by atoms with Crippen LogP contribution in [0, 0.1) is 6.92 Å². The van der Waals surface area contributed by atoms with Crippen LogP contribution in [0.1, 0.15) is 29.0 Å². The Kier molecular flexibility index (Phi) is 4.73. The molecule has 1 atom stereocenters. The molecule has 0 saturated carbocycles. The average molecular weight is 378 g/mol. The number of hydrogen-bond donors (Lipinski definition) is 1. The molecule has 3 heterocycles. The predicted molar refractivity (Wildman–Crippen MR) is 106 cm³/mol. The van der Waals surface area contributed by atoms with Gasteiger partial charge in [-0.25, -0.2) is 4.98 Å². The Morgan fingerprint density at radius 1 is 1.18 bits per heavy atom. The van der Waals surface area contributed by atoms with E-state index in [2.05, 4.69) is 10.3 Å². The largest absolute Gasteiger partial charge is 0.497 e. The van der Waals surface area contributed by atoms with E-state index in [0.717, 1.165) is 23.5 Å². The number of rotatable bonds is 4. The number of carbonyl (C=O) groups is 2. The highest BCUT2D eigenvalue weighted by Gasteiger charge is 2.35. The van der Waals surface area contributed by atoms with Crippen molar-refractivity contribution in [1.29, 1.82) is 0 Å². The van der Waals surface area contributed by atoms with Crippen molar-refractivity contribution in [3.63, 3.8) is 0 Å². The van der Waals surface area contributed by atoms with E-state index in [1.54, 1.807) is 42.5 Å². The summed E-state index contributed by atoms with van der Waals surface area (Å²) >= 11 is 0. The molecule has 0 unspecified atom stereocenters. The van der Waals surface area contributed by atoms with Crippen LogP contribution in [0.3, 0.4) is 0 Å². The molecule has 7 nitrogen and oxygen atoms in total. The molecule has 2 amide bonds. The molecule has 1 aliphatic heterocycles. The van der Waals surface area contributed by atoms with Gasteiger partial charge in [0.15, 0.2) is 0 Å². The summed E-state index contributed by atoms with van der Waals surface area (Å²) in [5, 5.41) is 2.89. The standard InChI is InChI=1S/C21H22N4O3/c1-14-5-3-7-19-23-17(13-25(14)19)21(27)24-12-4-6-18(24)20(26)22-15-8-10-16(28-2)11-9-15/h3,5,7-11,13,18H,4,6,12H2,1-2H3,(H,22,26)/t18-/m1/s1. The molecule has 0 aliphatic carbocycles. The number of nitrogens with one attached hydrogen (secondary N) is 1. The summed E-state index contributed by atoms with van der Waals surface area (Å²) in [6.45, 7) is 2.51. The molecule has 144 valence electrons. The molecule has 1 saturated heterocycles. The van der Waals surface area contributed by atoms with Crippen LogP contribution >= 0.6 is 0 Å². The van der Waals surface area contributed by atoms with Crippen molar-refractivity contribution < 1.29 is 14.3 Å². The monoisotopic (exact) mass is 378 g/mol. The molecule has 1 fully saturated rings. The van der Waals surface area contributed by atoms with Crippen molar-refractivity contribution in [2.75, 3.05) is 19.0 Å². The maximum absolute atomic E-state index is 13.0. The molecule has 0 radical (unpaired) electrons. The molecule has 3 aromatic rings. The predicted octanol–water partition coefficient (Wildman–Crippen LogP) is 2.89. The van der Waals surface area contributed by atoms with Crippen LogP contribution in [0.2, 0.25) is 0 Å². The summed E-state index contributed by atoms with van der Waals surface area (Å²) in [7, 11) is 1.59. The smallest absolute Gasteiger partial charge is 0.274 e. The minimum atomic E-state index is -0.500. The normalized spacial score (nSPS) is 16.4. The third-order valence-corrected chi connectivity index (χ3v) is 5.09. The van der Waals surface area contributed by atoms with Crippen molar-refractivity contribution in [3.05, 3.63) is 60.0 Å². The van der Waals surface area contributed by atoms with Gasteiger partial charge in [-0.2, -0.15) is 0 Å². The van der Waals surface area contributed by atoms with Crippen LogP contribution in [0.5, 0.6) is 5.75 Å². The first-order valence-corrected chi connectivity index (χ1v) is 9.27. The Labute approximate surface area is 162 Å². The van der Waals surface area contributed by atoms with Crippen LogP contribution in [-0.2, 0) is 4.79 Å². The van der Waals surface area contributed by atoms with E-state index >= 15 is 0 Å². The summed E-state index contributed by atoms with van der Waals surface area (Å²) in [6.07, 6.45) is 3.17. The van der Waals surface area contributed by atoms with E-state index in [-0.39, 0.29) is 11.8 Å². The highest BCUT2D eigenvalue weighted by atomic mass is 16.5. The van der Waals surface area contributed by atoms with Gasteiger partial charge < -0.3 is 19.4 Å². The number of pyridine rings is 1. The minimum absolute atomic E-state index is 0.184. The number of aryl methyl sites for hydroxylation is 1. The number of hydrogen-bond acceptors (Lipinski definition) is 4. The fraction of sp³-hybridized carbons (Fsp3) is 0.286. The van der Waals surface area contributed by atoms with Gasteiger partial charge in [-0.15, -0.1) is 0 Å². The number of nitrogens with zero attached hydrogens (tertiary/aromatic N) is 3. The van der Waals surface area contributed by atoms with Crippen LogP contribution in [0.15, 0.2) is 48.7 Å². The molecule has 4 rings (SSSR count). The van der Waals surface area contributed by atoms with Crippen molar-refractivity contribution >= 4 is 23.1 Å². The SMILES string of the molecule is COc1ccc(NC(=O)[C@H]2CCCN2C(=O)c2cn3c(C)cccc3n2)cc1. The summed E-state index contributed by atoms with van der Waals surface area (Å²) in [5.41, 5.74) is 2.76. The minimum Gasteiger partial charge on any atom is -0.497 e. The number of carbonyl (C=O) groups excluding carboxylic acids is 2. The maximum Gasteiger partial charge on any atom is 0.274 e. The Bertz CT molecular complexity index is 1030. The van der Waals surface area contributed by atoms with E-state index in [0.29, 0.717) is 24.3 Å². The fourth-order valence-corrected chi connectivity index (χ4v) is 3.58. The van der Waals surface area contributed by atoms with E-state index in [9.17, 15) is 9.59 Å². The second-order valence-electron chi connectivity index (χ2n) is 6.90. The van der Waals surface area contributed by atoms with Crippen LogP contribution in [0.25, 0.3) is 5.65 Å². The summed E-state index contributed by atoms with van der Waals surface area (Å²) in [6, 6.07) is 12.4. The number of aromatic nitrogens is 2. The highest BCUT2D eigenvalue weighted by molar-refractivity contribution is 6.01. The molecule has 1 aromatic carbocycles. The molecule has 7 heteroatoms. The molecule has 2 aromatic heterocycles. The number of likely N-dealkylation sites (tertiary alicyclic amines) is 1. The summed E-state index contributed by atoms with van der Waals surface area (Å²) < 4.78 is 7.01. The van der Waals surface area contributed by atoms with Gasteiger partial charge in [0.05, 0.1) is 7.11 Å². The first-order valence-electron chi connectivity index (χ1n) is 9.27. The first-order chi connectivity index (χ1) is 13.6. The van der Waals surface area contributed by atoms with Crippen LogP contribution in [-0.4, -0.2) is 45.8 Å². The van der Waals surface area contributed by atoms with E-state index in [4.69, 9.17) is 4.74 Å². The van der Waals surface area contributed by atoms with Crippen molar-refractivity contribution in [2.45, 2.75) is 25.8 Å². The second kappa shape index (κ2) is 7.34. The van der Waals surface area contributed by atoms with E-state index in [1.807, 2.05) is 29.5 Å². The number of anilines is 1. The molecule has 1 aliphatic rings. The zero-order valence-electron chi connectivity index (χ0n) is 15.9. The number of benzene rings is 1. The number of ether oxygens (including phenoxy) is 1. The Morgan fingerprint density at radius 3 is 2.68 bits per heavy atom. The van der Waals surface area contributed by atoms with Gasteiger partial charge in [-0.1, -0.05) is 6.07 Å². The third kappa shape index (κ3) is 3.31. The Balaban J connectivity index is 1.52. The van der Waals surface area contributed by atoms with Gasteiger partial charge in [0.2, 0.25) is 5.91 Å². The van der Waals surface area contributed by atoms with Gasteiger partial charge in [-0.05, 0) is 56.2 Å². The fourth-order valence-electron chi connectivity index (χ4n) is 3.58. The quantitative estimate of drug-likeness (QED) is 0.757. The van der Waals surface area contributed by atoms with Crippen molar-refractivity contribution in [1.82, 2.24) is 14.3 Å². The number of methoxy groups -OCH3 is 1. The van der Waals surface area contributed by atoms with Gasteiger partial charge in [0.1, 0.15) is 23.1 Å². The lowest BCUT2D eigenvalue weighted by atomic mass is 10.2. The number of fused-ring (bicyclic) bond motifs is 1. The number of imidazole rings is 1. The summed E-state index contributed by atoms with van der Waals surface area (Å²) in [4.78, 5) is 31.9. The zero-order chi connectivity index (χ0) is 19.7. The van der Waals surface area contributed by atoms with Gasteiger partial charge in [0.25, 0.3) is 5.91 Å². The van der Waals surface area contributed by atoms with Gasteiger partial charge >= 0.3 is 0 Å². The molecular formula is C21H22N4O3. The molecule has 0 spiro atoms. The molecule has 28 heavy (non-hydrogen) atoms. The topological polar surface area (TPSA) is 75.9 Å². The molecule has 1 N–H and O–H groups in total. The molecular weight excluding hydrogens is 356 g/mol. The van der Waals surface area contributed by atoms with Gasteiger partial charge in [-0.3, -0.25) is 9.59 Å². The second-order valence-corrected chi connectivity index (χ2v) is 6.90. The van der Waals surface area contributed by atoms with E-state index in [1.165, 1.54) is 0 Å². The van der Waals surface area contributed by atoms with E-state index < -0.39 is 6.04 Å².